The third-order valence-electron chi connectivity index (χ3n) is 4.07. The number of carbonyl (C=O) groups is 1. The highest BCUT2D eigenvalue weighted by molar-refractivity contribution is 5.85. The lowest BCUT2D eigenvalue weighted by atomic mass is 10.1. The first-order chi connectivity index (χ1) is 13.1. The van der Waals surface area contributed by atoms with Gasteiger partial charge in [-0.3, -0.25) is 4.79 Å². The molecule has 0 aromatic heterocycles. The third-order valence-corrected chi connectivity index (χ3v) is 4.07. The molecule has 0 atom stereocenters. The predicted octanol–water partition coefficient (Wildman–Crippen LogP) is 3.73. The lowest BCUT2D eigenvalue weighted by molar-refractivity contribution is -0.123. The second kappa shape index (κ2) is 8.94. The molecule has 0 heterocycles. The van der Waals surface area contributed by atoms with Crippen LogP contribution in [0.25, 0.3) is 10.8 Å². The van der Waals surface area contributed by atoms with Crippen molar-refractivity contribution in [1.29, 1.82) is 0 Å². The lowest BCUT2D eigenvalue weighted by Crippen LogP contribution is -2.32. The molecule has 0 unspecified atom stereocenters. The highest BCUT2D eigenvalue weighted by Gasteiger charge is 2.04. The third kappa shape index (κ3) is 5.38. The van der Waals surface area contributed by atoms with E-state index in [2.05, 4.69) is 5.32 Å². The molecule has 5 heteroatoms. The lowest BCUT2D eigenvalue weighted by Gasteiger charge is -2.10. The number of amides is 1. The summed E-state index contributed by atoms with van der Waals surface area (Å²) < 4.78 is 16.4. The average Bonchev–Trinajstić information content (AvgIpc) is 2.69. The molecule has 3 aromatic carbocycles. The molecule has 0 fully saturated rings. The van der Waals surface area contributed by atoms with Crippen LogP contribution in [0.15, 0.2) is 60.7 Å². The van der Waals surface area contributed by atoms with Gasteiger partial charge in [-0.2, -0.15) is 0 Å². The molecular weight excluding hydrogens is 342 g/mol. The second-order valence-corrected chi connectivity index (χ2v) is 6.18. The van der Waals surface area contributed by atoms with Crippen molar-refractivity contribution in [2.75, 3.05) is 26.9 Å². The molecule has 140 valence electrons. The number of hydrogen-bond donors (Lipinski definition) is 1. The van der Waals surface area contributed by atoms with Gasteiger partial charge < -0.3 is 19.5 Å². The van der Waals surface area contributed by atoms with Crippen molar-refractivity contribution in [3.05, 3.63) is 66.2 Å². The van der Waals surface area contributed by atoms with E-state index in [-0.39, 0.29) is 12.5 Å². The van der Waals surface area contributed by atoms with Crippen LogP contribution < -0.4 is 19.5 Å². The van der Waals surface area contributed by atoms with E-state index in [1.165, 1.54) is 0 Å². The molecule has 0 bridgehead atoms. The maximum atomic E-state index is 11.9. The first kappa shape index (κ1) is 18.6. The molecule has 0 aliphatic carbocycles. The van der Waals surface area contributed by atoms with E-state index in [0.717, 1.165) is 27.8 Å². The summed E-state index contributed by atoms with van der Waals surface area (Å²) >= 11 is 0. The van der Waals surface area contributed by atoms with Crippen molar-refractivity contribution < 1.29 is 19.0 Å². The molecule has 0 saturated heterocycles. The molecule has 0 spiro atoms. The summed E-state index contributed by atoms with van der Waals surface area (Å²) in [5.74, 6) is 2.04. The SMILES string of the molecule is COc1ccc2ccc(OCC(=O)NCCOc3cccc(C)c3)cc2c1. The van der Waals surface area contributed by atoms with E-state index in [9.17, 15) is 4.79 Å². The van der Waals surface area contributed by atoms with E-state index < -0.39 is 0 Å². The van der Waals surface area contributed by atoms with Gasteiger partial charge in [-0.05, 0) is 59.7 Å². The van der Waals surface area contributed by atoms with Gasteiger partial charge in [0.15, 0.2) is 6.61 Å². The Kier molecular flexibility index (Phi) is 6.15. The van der Waals surface area contributed by atoms with Crippen molar-refractivity contribution in [2.24, 2.45) is 0 Å². The van der Waals surface area contributed by atoms with Gasteiger partial charge >= 0.3 is 0 Å². The smallest absolute Gasteiger partial charge is 0.258 e. The topological polar surface area (TPSA) is 56.8 Å². The van der Waals surface area contributed by atoms with E-state index in [4.69, 9.17) is 14.2 Å². The second-order valence-electron chi connectivity index (χ2n) is 6.18. The molecule has 27 heavy (non-hydrogen) atoms. The Morgan fingerprint density at radius 3 is 2.41 bits per heavy atom. The van der Waals surface area contributed by atoms with E-state index in [0.29, 0.717) is 18.9 Å². The first-order valence-electron chi connectivity index (χ1n) is 8.81. The molecule has 0 aliphatic heterocycles. The van der Waals surface area contributed by atoms with Crippen LogP contribution in [0.3, 0.4) is 0 Å². The zero-order valence-corrected chi connectivity index (χ0v) is 15.5. The molecule has 5 nitrogen and oxygen atoms in total. The number of hydrogen-bond acceptors (Lipinski definition) is 4. The fourth-order valence-electron chi connectivity index (χ4n) is 2.68. The number of rotatable bonds is 8. The van der Waals surface area contributed by atoms with Crippen LogP contribution in [-0.4, -0.2) is 32.8 Å². The van der Waals surface area contributed by atoms with Gasteiger partial charge in [-0.25, -0.2) is 0 Å². The number of methoxy groups -OCH3 is 1. The van der Waals surface area contributed by atoms with Crippen LogP contribution in [0.2, 0.25) is 0 Å². The standard InChI is InChI=1S/C22H23NO4/c1-16-4-3-5-20(12-16)26-11-10-23-22(24)15-27-21-9-7-17-6-8-19(25-2)13-18(17)14-21/h3-9,12-14H,10-11,15H2,1-2H3,(H,23,24). The Balaban J connectivity index is 1.44. The fourth-order valence-corrected chi connectivity index (χ4v) is 2.68. The maximum Gasteiger partial charge on any atom is 0.258 e. The van der Waals surface area contributed by atoms with E-state index >= 15 is 0 Å². The van der Waals surface area contributed by atoms with Gasteiger partial charge in [0.1, 0.15) is 23.9 Å². The van der Waals surface area contributed by atoms with E-state index in [1.807, 2.05) is 67.6 Å². The Morgan fingerprint density at radius 1 is 0.889 bits per heavy atom. The van der Waals surface area contributed by atoms with Gasteiger partial charge in [0.05, 0.1) is 13.7 Å². The molecule has 0 radical (unpaired) electrons. The highest BCUT2D eigenvalue weighted by atomic mass is 16.5. The van der Waals surface area contributed by atoms with Gasteiger partial charge in [0, 0.05) is 0 Å². The molecule has 1 N–H and O–H groups in total. The van der Waals surface area contributed by atoms with Gasteiger partial charge in [-0.1, -0.05) is 24.3 Å². The number of ether oxygens (including phenoxy) is 3. The molecule has 1 amide bonds. The predicted molar refractivity (Wildman–Crippen MR) is 106 cm³/mol. The number of nitrogens with one attached hydrogen (secondary N) is 1. The zero-order valence-electron chi connectivity index (χ0n) is 15.5. The molecule has 3 aromatic rings. The van der Waals surface area contributed by atoms with Gasteiger partial charge in [-0.15, -0.1) is 0 Å². The Bertz CT molecular complexity index is 923. The Labute approximate surface area is 158 Å². The monoisotopic (exact) mass is 365 g/mol. The van der Waals surface area contributed by atoms with Crippen LogP contribution >= 0.6 is 0 Å². The van der Waals surface area contributed by atoms with Crippen molar-refractivity contribution in [2.45, 2.75) is 6.92 Å². The van der Waals surface area contributed by atoms with Crippen LogP contribution in [0.4, 0.5) is 0 Å². The molecule has 0 saturated carbocycles. The number of carbonyl (C=O) groups excluding carboxylic acids is 1. The van der Waals surface area contributed by atoms with Gasteiger partial charge in [0.2, 0.25) is 0 Å². The van der Waals surface area contributed by atoms with Crippen molar-refractivity contribution >= 4 is 16.7 Å². The summed E-state index contributed by atoms with van der Waals surface area (Å²) in [6.45, 7) is 2.80. The van der Waals surface area contributed by atoms with Crippen LogP contribution in [0.5, 0.6) is 17.2 Å². The van der Waals surface area contributed by atoms with Crippen molar-refractivity contribution in [3.63, 3.8) is 0 Å². The molecule has 0 aliphatic rings. The Morgan fingerprint density at radius 2 is 1.63 bits per heavy atom. The summed E-state index contributed by atoms with van der Waals surface area (Å²) in [6, 6.07) is 19.3. The quantitative estimate of drug-likeness (QED) is 0.618. The normalized spacial score (nSPS) is 10.4. The van der Waals surface area contributed by atoms with Crippen LogP contribution in [0.1, 0.15) is 5.56 Å². The van der Waals surface area contributed by atoms with Crippen LogP contribution in [0, 0.1) is 6.92 Å². The summed E-state index contributed by atoms with van der Waals surface area (Å²) in [6.07, 6.45) is 0. The minimum Gasteiger partial charge on any atom is -0.497 e. The zero-order chi connectivity index (χ0) is 19.1. The minimum absolute atomic E-state index is 0.0417. The molecular formula is C22H23NO4. The van der Waals surface area contributed by atoms with Gasteiger partial charge in [0.25, 0.3) is 5.91 Å². The highest BCUT2D eigenvalue weighted by Crippen LogP contribution is 2.24. The molecule has 3 rings (SSSR count). The summed E-state index contributed by atoms with van der Waals surface area (Å²) in [5, 5.41) is 4.87. The van der Waals surface area contributed by atoms with Crippen LogP contribution in [-0.2, 0) is 4.79 Å². The number of fused-ring (bicyclic) bond motifs is 1. The maximum absolute atomic E-state index is 11.9. The number of aryl methyl sites for hydroxylation is 1. The van der Waals surface area contributed by atoms with E-state index in [1.54, 1.807) is 7.11 Å². The number of benzene rings is 3. The largest absolute Gasteiger partial charge is 0.497 e. The average molecular weight is 365 g/mol. The fraction of sp³-hybridized carbons (Fsp3) is 0.227. The minimum atomic E-state index is -0.186. The summed E-state index contributed by atoms with van der Waals surface area (Å²) in [5.41, 5.74) is 1.14. The van der Waals surface area contributed by atoms with Crippen molar-refractivity contribution in [1.82, 2.24) is 5.32 Å². The summed E-state index contributed by atoms with van der Waals surface area (Å²) in [7, 11) is 1.63. The van der Waals surface area contributed by atoms with Crippen molar-refractivity contribution in [3.8, 4) is 17.2 Å². The summed E-state index contributed by atoms with van der Waals surface area (Å²) in [4.78, 5) is 11.9. The Hall–Kier alpha value is -3.21. The first-order valence-corrected chi connectivity index (χ1v) is 8.81.